The number of carbonyl (C=O) groups excluding carboxylic acids is 2. The minimum Gasteiger partial charge on any atom is -0.397 e. The molecular formula is C28H30N8O2S. The standard InChI is InChI=1S/C28H30N8O2S/c1-17(37)31-28-32-22-8-7-20-24(19-5-3-10-30-16-19)33-36(25(20)26(22)39-28)23-9-6-18(15-21(23)29)27(38)35-12-4-11-34(2)13-14-35/h3,5-6,9-10,15-16H,4,7-8,11-14,29H2,1-2H3,(H,31,32,37). The number of hydrogen-bond donors (Lipinski definition) is 2. The minimum absolute atomic E-state index is 0.00761. The second-order valence-corrected chi connectivity index (χ2v) is 11.0. The first kappa shape index (κ1) is 25.2. The molecule has 1 saturated heterocycles. The van der Waals surface area contributed by atoms with Crippen LogP contribution in [-0.4, -0.2) is 74.6 Å². The van der Waals surface area contributed by atoms with Gasteiger partial charge in [0.15, 0.2) is 5.13 Å². The number of fused-ring (bicyclic) bond motifs is 3. The van der Waals surface area contributed by atoms with Gasteiger partial charge in [-0.05, 0) is 63.2 Å². The van der Waals surface area contributed by atoms with Crippen LogP contribution in [-0.2, 0) is 17.6 Å². The van der Waals surface area contributed by atoms with Gasteiger partial charge in [0.05, 0.1) is 33.3 Å². The van der Waals surface area contributed by atoms with Crippen molar-refractivity contribution in [1.82, 2.24) is 29.5 Å². The lowest BCUT2D eigenvalue weighted by atomic mass is 9.95. The van der Waals surface area contributed by atoms with Crippen molar-refractivity contribution >= 4 is 34.0 Å². The summed E-state index contributed by atoms with van der Waals surface area (Å²) < 4.78 is 1.86. The van der Waals surface area contributed by atoms with Crippen LogP contribution < -0.4 is 11.1 Å². The summed E-state index contributed by atoms with van der Waals surface area (Å²) in [5.41, 5.74) is 13.0. The van der Waals surface area contributed by atoms with E-state index in [0.717, 1.165) is 72.0 Å². The molecule has 11 heteroatoms. The molecule has 4 heterocycles. The van der Waals surface area contributed by atoms with Crippen LogP contribution in [0.15, 0.2) is 42.7 Å². The molecular weight excluding hydrogens is 512 g/mol. The van der Waals surface area contributed by atoms with Gasteiger partial charge in [0.2, 0.25) is 5.91 Å². The zero-order valence-corrected chi connectivity index (χ0v) is 22.8. The Kier molecular flexibility index (Phi) is 6.61. The second-order valence-electron chi connectivity index (χ2n) is 10.0. The van der Waals surface area contributed by atoms with Crippen molar-refractivity contribution in [3.05, 3.63) is 59.5 Å². The van der Waals surface area contributed by atoms with E-state index in [2.05, 4.69) is 27.2 Å². The molecule has 0 radical (unpaired) electrons. The van der Waals surface area contributed by atoms with Gasteiger partial charge in [-0.2, -0.15) is 5.10 Å². The van der Waals surface area contributed by atoms with Crippen LogP contribution in [0.25, 0.3) is 27.5 Å². The van der Waals surface area contributed by atoms with E-state index in [1.807, 2.05) is 40.0 Å². The Balaban J connectivity index is 1.43. The quantitative estimate of drug-likeness (QED) is 0.379. The van der Waals surface area contributed by atoms with E-state index in [1.165, 1.54) is 18.3 Å². The fourth-order valence-corrected chi connectivity index (χ4v) is 6.41. The Hall–Kier alpha value is -4.09. The number of nitrogens with two attached hydrogens (primary N) is 1. The maximum atomic E-state index is 13.3. The Labute approximate surface area is 230 Å². The molecule has 2 amide bonds. The molecule has 3 N–H and O–H groups in total. The van der Waals surface area contributed by atoms with E-state index < -0.39 is 0 Å². The van der Waals surface area contributed by atoms with Gasteiger partial charge >= 0.3 is 0 Å². The molecule has 4 aromatic rings. The number of nitrogen functional groups attached to an aromatic ring is 1. The van der Waals surface area contributed by atoms with E-state index >= 15 is 0 Å². The van der Waals surface area contributed by atoms with Gasteiger partial charge in [-0.15, -0.1) is 0 Å². The number of nitrogens with one attached hydrogen (secondary N) is 1. The van der Waals surface area contributed by atoms with Crippen LogP contribution in [0, 0.1) is 0 Å². The summed E-state index contributed by atoms with van der Waals surface area (Å²) in [5.74, 6) is -0.168. The van der Waals surface area contributed by atoms with Crippen LogP contribution in [0.2, 0.25) is 0 Å². The third-order valence-electron chi connectivity index (χ3n) is 7.24. The summed E-state index contributed by atoms with van der Waals surface area (Å²) in [6.45, 7) is 4.74. The predicted octanol–water partition coefficient (Wildman–Crippen LogP) is 3.47. The van der Waals surface area contributed by atoms with Gasteiger partial charge in [-0.3, -0.25) is 14.6 Å². The van der Waals surface area contributed by atoms with E-state index in [0.29, 0.717) is 28.6 Å². The molecule has 6 rings (SSSR count). The molecule has 0 bridgehead atoms. The van der Waals surface area contributed by atoms with Gasteiger partial charge in [0, 0.05) is 55.6 Å². The summed E-state index contributed by atoms with van der Waals surface area (Å²) in [4.78, 5) is 39.1. The predicted molar refractivity (Wildman–Crippen MR) is 152 cm³/mol. The van der Waals surface area contributed by atoms with Crippen molar-refractivity contribution in [3.8, 4) is 27.5 Å². The van der Waals surface area contributed by atoms with E-state index in [4.69, 9.17) is 10.8 Å². The van der Waals surface area contributed by atoms with E-state index in [1.54, 1.807) is 12.3 Å². The Bertz CT molecular complexity index is 1560. The number of benzene rings is 1. The number of anilines is 2. The maximum Gasteiger partial charge on any atom is 0.253 e. The van der Waals surface area contributed by atoms with Crippen LogP contribution in [0.3, 0.4) is 0 Å². The SMILES string of the molecule is CC(=O)Nc1nc2c(s1)-c1c(c(-c3cccnc3)nn1-c1ccc(C(=O)N3CCCN(C)CC3)cc1N)CC2. The van der Waals surface area contributed by atoms with E-state index in [9.17, 15) is 9.59 Å². The van der Waals surface area contributed by atoms with Gasteiger partial charge < -0.3 is 20.9 Å². The van der Waals surface area contributed by atoms with Crippen molar-refractivity contribution in [1.29, 1.82) is 0 Å². The molecule has 1 aromatic carbocycles. The lowest BCUT2D eigenvalue weighted by Crippen LogP contribution is -2.34. The summed E-state index contributed by atoms with van der Waals surface area (Å²) in [6.07, 6.45) is 5.98. The molecule has 1 fully saturated rings. The van der Waals surface area contributed by atoms with E-state index in [-0.39, 0.29) is 11.8 Å². The molecule has 0 saturated carbocycles. The topological polar surface area (TPSA) is 122 Å². The molecule has 0 unspecified atom stereocenters. The normalized spacial score (nSPS) is 15.4. The third-order valence-corrected chi connectivity index (χ3v) is 8.25. The van der Waals surface area contributed by atoms with Crippen molar-refractivity contribution in [2.75, 3.05) is 44.3 Å². The van der Waals surface area contributed by atoms with Gasteiger partial charge in [0.1, 0.15) is 0 Å². The zero-order valence-electron chi connectivity index (χ0n) is 22.0. The molecule has 39 heavy (non-hydrogen) atoms. The van der Waals surface area contributed by atoms with Gasteiger partial charge in [-0.1, -0.05) is 11.3 Å². The number of nitrogens with zero attached hydrogens (tertiary/aromatic N) is 6. The Morgan fingerprint density at radius 3 is 2.74 bits per heavy atom. The first-order valence-electron chi connectivity index (χ1n) is 13.1. The highest BCUT2D eigenvalue weighted by Gasteiger charge is 2.31. The van der Waals surface area contributed by atoms with Crippen molar-refractivity contribution < 1.29 is 9.59 Å². The average molecular weight is 543 g/mol. The molecule has 1 aliphatic heterocycles. The lowest BCUT2D eigenvalue weighted by Gasteiger charge is -2.21. The number of likely N-dealkylation sites (N-methyl/N-ethyl adjacent to an activating group) is 1. The summed E-state index contributed by atoms with van der Waals surface area (Å²) in [6, 6.07) is 9.35. The second kappa shape index (κ2) is 10.2. The molecule has 0 spiro atoms. The fourth-order valence-electron chi connectivity index (χ4n) is 5.30. The van der Waals surface area contributed by atoms with Crippen LogP contribution in [0.1, 0.15) is 35.0 Å². The van der Waals surface area contributed by atoms with Crippen LogP contribution >= 0.6 is 11.3 Å². The number of amides is 2. The highest BCUT2D eigenvalue weighted by molar-refractivity contribution is 7.19. The van der Waals surface area contributed by atoms with Crippen LogP contribution in [0.4, 0.5) is 10.8 Å². The highest BCUT2D eigenvalue weighted by atomic mass is 32.1. The monoisotopic (exact) mass is 542 g/mol. The number of hydrogen-bond acceptors (Lipinski definition) is 8. The number of pyridine rings is 1. The maximum absolute atomic E-state index is 13.3. The van der Waals surface area contributed by atoms with Crippen molar-refractivity contribution in [2.24, 2.45) is 0 Å². The van der Waals surface area contributed by atoms with Crippen molar-refractivity contribution in [3.63, 3.8) is 0 Å². The molecule has 200 valence electrons. The fraction of sp³-hybridized carbons (Fsp3) is 0.321. The number of thiazole rings is 1. The molecule has 2 aliphatic rings. The number of rotatable bonds is 4. The first-order valence-corrected chi connectivity index (χ1v) is 13.9. The highest BCUT2D eigenvalue weighted by Crippen LogP contribution is 2.44. The molecule has 3 aromatic heterocycles. The third kappa shape index (κ3) is 4.79. The average Bonchev–Trinajstić information content (AvgIpc) is 3.43. The Morgan fingerprint density at radius 2 is 1.97 bits per heavy atom. The largest absolute Gasteiger partial charge is 0.397 e. The molecule has 1 aliphatic carbocycles. The first-order chi connectivity index (χ1) is 18.9. The molecule has 0 atom stereocenters. The van der Waals surface area contributed by atoms with Crippen LogP contribution in [0.5, 0.6) is 0 Å². The summed E-state index contributed by atoms with van der Waals surface area (Å²) in [5, 5.41) is 8.42. The minimum atomic E-state index is -0.161. The van der Waals surface area contributed by atoms with Gasteiger partial charge in [-0.25, -0.2) is 9.67 Å². The number of carbonyl (C=O) groups is 2. The summed E-state index contributed by atoms with van der Waals surface area (Å²) in [7, 11) is 2.08. The van der Waals surface area contributed by atoms with Crippen molar-refractivity contribution in [2.45, 2.75) is 26.2 Å². The van der Waals surface area contributed by atoms with Gasteiger partial charge in [0.25, 0.3) is 5.91 Å². The zero-order chi connectivity index (χ0) is 27.1. The molecule has 10 nitrogen and oxygen atoms in total. The number of aryl methyl sites for hydroxylation is 1. The lowest BCUT2D eigenvalue weighted by molar-refractivity contribution is -0.114. The smallest absolute Gasteiger partial charge is 0.253 e. The Morgan fingerprint density at radius 1 is 1.10 bits per heavy atom. The summed E-state index contributed by atoms with van der Waals surface area (Å²) >= 11 is 1.43. The number of aromatic nitrogens is 4.